The number of likely N-dealkylation sites (tertiary alicyclic amines) is 1. The molecule has 0 saturated carbocycles. The lowest BCUT2D eigenvalue weighted by molar-refractivity contribution is -0.141. The smallest absolute Gasteiger partial charge is 0.387 e. The molecule has 16 heteroatoms. The third-order valence-electron chi connectivity index (χ3n) is 7.87. The fourth-order valence-corrected chi connectivity index (χ4v) is 5.79. The zero-order chi connectivity index (χ0) is 31.5. The van der Waals surface area contributed by atoms with E-state index in [1.54, 1.807) is 17.2 Å². The molecule has 0 aliphatic carbocycles. The second-order valence-electron chi connectivity index (χ2n) is 10.7. The highest BCUT2D eigenvalue weighted by Crippen LogP contribution is 2.37. The molecular weight excluding hydrogens is 612 g/mol. The number of aromatic nitrogens is 5. The van der Waals surface area contributed by atoms with Crippen LogP contribution in [-0.4, -0.2) is 97.8 Å². The summed E-state index contributed by atoms with van der Waals surface area (Å²) >= 11 is 6.21. The van der Waals surface area contributed by atoms with E-state index in [2.05, 4.69) is 25.8 Å². The molecule has 2 fully saturated rings. The molecule has 3 amide bonds. The van der Waals surface area contributed by atoms with Crippen LogP contribution in [0.2, 0.25) is 5.02 Å². The summed E-state index contributed by atoms with van der Waals surface area (Å²) in [4.78, 5) is 47.4. The Labute approximate surface area is 261 Å². The second kappa shape index (κ2) is 13.2. The maximum Gasteiger partial charge on any atom is 0.387 e. The van der Waals surface area contributed by atoms with E-state index in [0.29, 0.717) is 44.7 Å². The Morgan fingerprint density at radius 1 is 1.11 bits per heavy atom. The van der Waals surface area contributed by atoms with Gasteiger partial charge in [-0.05, 0) is 37.1 Å². The van der Waals surface area contributed by atoms with Gasteiger partial charge in [-0.15, -0.1) is 0 Å². The molecule has 0 radical (unpaired) electrons. The number of hydrogen-bond acceptors (Lipinski definition) is 8. The molecule has 13 nitrogen and oxygen atoms in total. The number of piperidine rings is 1. The summed E-state index contributed by atoms with van der Waals surface area (Å²) in [5, 5.41) is 14.8. The highest BCUT2D eigenvalue weighted by molar-refractivity contribution is 6.31. The summed E-state index contributed by atoms with van der Waals surface area (Å²) in [7, 11) is 0. The van der Waals surface area contributed by atoms with Gasteiger partial charge in [-0.3, -0.25) is 19.1 Å². The summed E-state index contributed by atoms with van der Waals surface area (Å²) < 4.78 is 34.0. The molecule has 1 aromatic carbocycles. The van der Waals surface area contributed by atoms with Gasteiger partial charge < -0.3 is 25.2 Å². The van der Waals surface area contributed by atoms with Crippen LogP contribution in [0.15, 0.2) is 49.1 Å². The van der Waals surface area contributed by atoms with Gasteiger partial charge in [0.2, 0.25) is 11.8 Å². The van der Waals surface area contributed by atoms with Gasteiger partial charge in [-0.25, -0.2) is 9.50 Å². The SMILES string of the molecule is O=C(Nc1cn(CC(=O)N2CCC(C(=O)N3CCNCC3)CC2)nc1-c1cc(Cl)ccc1OC(F)F)c1cnn2cccnc12. The maximum atomic E-state index is 13.4. The predicted octanol–water partition coefficient (Wildman–Crippen LogP) is 2.77. The largest absolute Gasteiger partial charge is 0.434 e. The molecule has 2 saturated heterocycles. The van der Waals surface area contributed by atoms with Gasteiger partial charge in [0.15, 0.2) is 5.65 Å². The summed E-state index contributed by atoms with van der Waals surface area (Å²) in [6, 6.07) is 5.72. The van der Waals surface area contributed by atoms with Crippen LogP contribution in [0.3, 0.4) is 0 Å². The van der Waals surface area contributed by atoms with Gasteiger partial charge in [0.1, 0.15) is 23.6 Å². The fourth-order valence-electron chi connectivity index (χ4n) is 5.61. The quantitative estimate of drug-likeness (QED) is 0.300. The van der Waals surface area contributed by atoms with Crippen LogP contribution in [0, 0.1) is 5.92 Å². The van der Waals surface area contributed by atoms with Crippen molar-refractivity contribution in [3.63, 3.8) is 0 Å². The Hall–Kier alpha value is -4.63. The lowest BCUT2D eigenvalue weighted by atomic mass is 9.95. The van der Waals surface area contributed by atoms with E-state index < -0.39 is 12.5 Å². The van der Waals surface area contributed by atoms with E-state index in [9.17, 15) is 23.2 Å². The monoisotopic (exact) mass is 641 g/mol. The van der Waals surface area contributed by atoms with Crippen molar-refractivity contribution in [2.24, 2.45) is 5.92 Å². The molecule has 0 atom stereocenters. The van der Waals surface area contributed by atoms with Gasteiger partial charge >= 0.3 is 6.61 Å². The predicted molar refractivity (Wildman–Crippen MR) is 159 cm³/mol. The van der Waals surface area contributed by atoms with Crippen molar-refractivity contribution < 1.29 is 27.9 Å². The van der Waals surface area contributed by atoms with Crippen molar-refractivity contribution in [3.8, 4) is 17.0 Å². The van der Waals surface area contributed by atoms with Crippen LogP contribution in [0.5, 0.6) is 5.75 Å². The van der Waals surface area contributed by atoms with Crippen molar-refractivity contribution in [2.75, 3.05) is 44.6 Å². The van der Waals surface area contributed by atoms with E-state index in [1.807, 2.05) is 4.90 Å². The average Bonchev–Trinajstić information content (AvgIpc) is 3.66. The van der Waals surface area contributed by atoms with Crippen molar-refractivity contribution in [3.05, 3.63) is 59.6 Å². The molecule has 3 aromatic heterocycles. The normalized spacial score (nSPS) is 15.9. The third kappa shape index (κ3) is 6.73. The zero-order valence-corrected chi connectivity index (χ0v) is 24.8. The van der Waals surface area contributed by atoms with Crippen LogP contribution in [0.1, 0.15) is 23.2 Å². The number of piperazine rings is 1. The van der Waals surface area contributed by atoms with E-state index in [0.717, 1.165) is 13.1 Å². The molecular formula is C29H30ClF2N9O4. The highest BCUT2D eigenvalue weighted by Gasteiger charge is 2.31. The first-order valence-corrected chi connectivity index (χ1v) is 14.8. The Morgan fingerprint density at radius 2 is 1.89 bits per heavy atom. The van der Waals surface area contributed by atoms with Gasteiger partial charge in [-0.2, -0.15) is 19.0 Å². The van der Waals surface area contributed by atoms with Crippen molar-refractivity contribution in [1.82, 2.24) is 39.5 Å². The van der Waals surface area contributed by atoms with Crippen LogP contribution in [0.4, 0.5) is 14.5 Å². The Bertz CT molecular complexity index is 1710. The zero-order valence-electron chi connectivity index (χ0n) is 24.0. The van der Waals surface area contributed by atoms with Crippen molar-refractivity contribution in [1.29, 1.82) is 0 Å². The topological polar surface area (TPSA) is 139 Å². The number of halogens is 3. The molecule has 236 valence electrons. The fraction of sp³-hybridized carbons (Fsp3) is 0.379. The molecule has 45 heavy (non-hydrogen) atoms. The van der Waals surface area contributed by atoms with E-state index in [4.69, 9.17) is 16.3 Å². The number of anilines is 1. The molecule has 6 rings (SSSR count). The van der Waals surface area contributed by atoms with Gasteiger partial charge in [0.05, 0.1) is 11.9 Å². The molecule has 2 aliphatic heterocycles. The number of nitrogens with one attached hydrogen (secondary N) is 2. The van der Waals surface area contributed by atoms with Crippen molar-refractivity contribution >= 4 is 40.7 Å². The molecule has 5 heterocycles. The minimum Gasteiger partial charge on any atom is -0.434 e. The number of amides is 3. The van der Waals surface area contributed by atoms with Gasteiger partial charge in [0.25, 0.3) is 5.91 Å². The van der Waals surface area contributed by atoms with E-state index in [1.165, 1.54) is 46.0 Å². The van der Waals surface area contributed by atoms with Crippen LogP contribution in [-0.2, 0) is 16.1 Å². The van der Waals surface area contributed by atoms with Crippen LogP contribution in [0.25, 0.3) is 16.9 Å². The molecule has 4 aromatic rings. The molecule has 0 unspecified atom stereocenters. The lowest BCUT2D eigenvalue weighted by Crippen LogP contribution is -2.50. The molecule has 2 aliphatic rings. The molecule has 2 N–H and O–H groups in total. The number of nitrogens with zero attached hydrogens (tertiary/aromatic N) is 7. The number of benzene rings is 1. The number of fused-ring (bicyclic) bond motifs is 1. The number of alkyl halides is 2. The van der Waals surface area contributed by atoms with Gasteiger partial charge in [-0.1, -0.05) is 11.6 Å². The summed E-state index contributed by atoms with van der Waals surface area (Å²) in [6.45, 7) is 0.438. The summed E-state index contributed by atoms with van der Waals surface area (Å²) in [5.41, 5.74) is 0.763. The minimum atomic E-state index is -3.13. The average molecular weight is 642 g/mol. The van der Waals surface area contributed by atoms with Crippen molar-refractivity contribution in [2.45, 2.75) is 26.0 Å². The summed E-state index contributed by atoms with van der Waals surface area (Å²) in [6.07, 6.45) is 7.07. The second-order valence-corrected chi connectivity index (χ2v) is 11.2. The van der Waals surface area contributed by atoms with Gasteiger partial charge in [0, 0.05) is 74.4 Å². The Kier molecular flexibility index (Phi) is 8.89. The van der Waals surface area contributed by atoms with Crippen LogP contribution < -0.4 is 15.4 Å². The van der Waals surface area contributed by atoms with Crippen LogP contribution >= 0.6 is 11.6 Å². The van der Waals surface area contributed by atoms with E-state index in [-0.39, 0.29) is 57.6 Å². The first-order chi connectivity index (χ1) is 21.8. The first-order valence-electron chi connectivity index (χ1n) is 14.5. The number of carbonyl (C=O) groups is 3. The Morgan fingerprint density at radius 3 is 2.64 bits per heavy atom. The number of carbonyl (C=O) groups excluding carboxylic acids is 3. The maximum absolute atomic E-state index is 13.4. The number of ether oxygens (including phenoxy) is 1. The van der Waals surface area contributed by atoms with E-state index >= 15 is 0 Å². The Balaban J connectivity index is 1.23. The molecule has 0 spiro atoms. The third-order valence-corrected chi connectivity index (χ3v) is 8.10. The lowest BCUT2D eigenvalue weighted by Gasteiger charge is -2.35. The molecule has 0 bridgehead atoms. The minimum absolute atomic E-state index is 0.0686. The highest BCUT2D eigenvalue weighted by atomic mass is 35.5. The first kappa shape index (κ1) is 30.4. The standard InChI is InChI=1S/C29H30ClF2N9O4/c30-19-2-3-23(45-29(31)32)20(14-19)25-22(36-27(43)21-15-35-41-9-1-6-34-26(21)41)16-40(37-25)17-24(42)38-10-4-18(5-11-38)28(44)39-12-7-33-8-13-39/h1-3,6,9,14-16,18,29,33H,4-5,7-8,10-13,17H2,(H,36,43). The number of rotatable bonds is 8. The number of hydrogen-bond donors (Lipinski definition) is 2. The summed E-state index contributed by atoms with van der Waals surface area (Å²) in [5.74, 6) is -1.03.